The summed E-state index contributed by atoms with van der Waals surface area (Å²) in [4.78, 5) is 6.73. The second-order valence-corrected chi connectivity index (χ2v) is 5.73. The van der Waals surface area contributed by atoms with E-state index in [9.17, 15) is 0 Å². The molecule has 0 saturated heterocycles. The summed E-state index contributed by atoms with van der Waals surface area (Å²) in [5.74, 6) is 0.498. The zero-order valence-corrected chi connectivity index (χ0v) is 12.3. The van der Waals surface area contributed by atoms with Crippen LogP contribution in [-0.2, 0) is 19.0 Å². The second kappa shape index (κ2) is 6.32. The lowest BCUT2D eigenvalue weighted by molar-refractivity contribution is 0.318. The van der Waals surface area contributed by atoms with Gasteiger partial charge in [-0.15, -0.1) is 22.9 Å². The predicted molar refractivity (Wildman–Crippen MR) is 78.0 cm³/mol. The molecule has 0 amide bonds. The van der Waals surface area contributed by atoms with Crippen molar-refractivity contribution in [2.75, 3.05) is 7.05 Å². The number of halogens is 1. The van der Waals surface area contributed by atoms with E-state index in [2.05, 4.69) is 48.1 Å². The van der Waals surface area contributed by atoms with Crippen LogP contribution in [0.3, 0.4) is 0 Å². The Balaban J connectivity index is 1.91. The van der Waals surface area contributed by atoms with Gasteiger partial charge in [-0.25, -0.2) is 4.98 Å². The van der Waals surface area contributed by atoms with Crippen molar-refractivity contribution in [3.8, 4) is 0 Å². The van der Waals surface area contributed by atoms with Crippen LogP contribution in [0.4, 0.5) is 0 Å². The highest BCUT2D eigenvalue weighted by Gasteiger charge is 2.05. The van der Waals surface area contributed by atoms with E-state index in [-0.39, 0.29) is 0 Å². The first-order valence-corrected chi connectivity index (χ1v) is 7.32. The number of hydrogen-bond acceptors (Lipinski definition) is 3. The van der Waals surface area contributed by atoms with Gasteiger partial charge in [-0.1, -0.05) is 29.8 Å². The van der Waals surface area contributed by atoms with E-state index in [4.69, 9.17) is 11.6 Å². The SMILES string of the molecule is Cc1ccc(CN(C)Cc2nc(CCl)cs2)cc1. The lowest BCUT2D eigenvalue weighted by atomic mass is 10.1. The van der Waals surface area contributed by atoms with E-state index in [0.29, 0.717) is 5.88 Å². The Morgan fingerprint density at radius 2 is 1.94 bits per heavy atom. The zero-order valence-electron chi connectivity index (χ0n) is 10.7. The summed E-state index contributed by atoms with van der Waals surface area (Å²) >= 11 is 7.43. The molecule has 0 saturated carbocycles. The quantitative estimate of drug-likeness (QED) is 0.774. The Bertz CT molecular complexity index is 493. The van der Waals surface area contributed by atoms with Gasteiger partial charge in [0.05, 0.1) is 18.1 Å². The Morgan fingerprint density at radius 3 is 2.56 bits per heavy atom. The van der Waals surface area contributed by atoms with Crippen LogP contribution in [0.1, 0.15) is 21.8 Å². The van der Waals surface area contributed by atoms with E-state index >= 15 is 0 Å². The molecule has 0 fully saturated rings. The Kier molecular flexibility index (Phi) is 4.75. The third kappa shape index (κ3) is 3.80. The third-order valence-electron chi connectivity index (χ3n) is 2.71. The standard InChI is InChI=1S/C14H17ClN2S/c1-11-3-5-12(6-4-11)8-17(2)9-14-16-13(7-15)10-18-14/h3-6,10H,7-9H2,1-2H3. The third-order valence-corrected chi connectivity index (χ3v) is 3.87. The van der Waals surface area contributed by atoms with Crippen LogP contribution in [0.25, 0.3) is 0 Å². The summed E-state index contributed by atoms with van der Waals surface area (Å²) in [5.41, 5.74) is 3.60. The van der Waals surface area contributed by atoms with Crippen LogP contribution in [0.5, 0.6) is 0 Å². The first-order chi connectivity index (χ1) is 8.67. The lowest BCUT2D eigenvalue weighted by Gasteiger charge is -2.15. The molecule has 0 N–H and O–H groups in total. The summed E-state index contributed by atoms with van der Waals surface area (Å²) in [6.45, 7) is 3.92. The zero-order chi connectivity index (χ0) is 13.0. The molecule has 4 heteroatoms. The highest BCUT2D eigenvalue weighted by Crippen LogP contribution is 2.14. The van der Waals surface area contributed by atoms with Gasteiger partial charge in [0.15, 0.2) is 0 Å². The second-order valence-electron chi connectivity index (χ2n) is 4.52. The largest absolute Gasteiger partial charge is 0.295 e. The fraction of sp³-hybridized carbons (Fsp3) is 0.357. The monoisotopic (exact) mass is 280 g/mol. The van der Waals surface area contributed by atoms with Gasteiger partial charge in [0.1, 0.15) is 5.01 Å². The molecule has 0 atom stereocenters. The predicted octanol–water partition coefficient (Wildman–Crippen LogP) is 3.82. The molecule has 0 radical (unpaired) electrons. The molecule has 0 bridgehead atoms. The van der Waals surface area contributed by atoms with Crippen molar-refractivity contribution >= 4 is 22.9 Å². The van der Waals surface area contributed by atoms with Crippen molar-refractivity contribution in [3.63, 3.8) is 0 Å². The molecular weight excluding hydrogens is 264 g/mol. The summed E-state index contributed by atoms with van der Waals surface area (Å²) < 4.78 is 0. The van der Waals surface area contributed by atoms with Crippen molar-refractivity contribution in [2.24, 2.45) is 0 Å². The van der Waals surface area contributed by atoms with E-state index in [1.54, 1.807) is 11.3 Å². The molecule has 2 rings (SSSR count). The van der Waals surface area contributed by atoms with E-state index in [0.717, 1.165) is 23.8 Å². The van der Waals surface area contributed by atoms with Gasteiger partial charge in [0.25, 0.3) is 0 Å². The minimum Gasteiger partial charge on any atom is -0.295 e. The van der Waals surface area contributed by atoms with Crippen molar-refractivity contribution < 1.29 is 0 Å². The first-order valence-electron chi connectivity index (χ1n) is 5.90. The number of aryl methyl sites for hydroxylation is 1. The maximum absolute atomic E-state index is 5.75. The normalized spacial score (nSPS) is 11.1. The summed E-state index contributed by atoms with van der Waals surface area (Å²) in [5, 5.41) is 3.16. The Labute approximate surface area is 117 Å². The number of rotatable bonds is 5. The van der Waals surface area contributed by atoms with Crippen LogP contribution in [-0.4, -0.2) is 16.9 Å². The maximum atomic E-state index is 5.75. The molecule has 96 valence electrons. The molecular formula is C14H17ClN2S. The fourth-order valence-electron chi connectivity index (χ4n) is 1.77. The van der Waals surface area contributed by atoms with Crippen LogP contribution in [0.2, 0.25) is 0 Å². The maximum Gasteiger partial charge on any atom is 0.107 e. The molecule has 0 unspecified atom stereocenters. The highest BCUT2D eigenvalue weighted by molar-refractivity contribution is 7.09. The van der Waals surface area contributed by atoms with Crippen molar-refractivity contribution in [2.45, 2.75) is 25.9 Å². The minimum absolute atomic E-state index is 0.498. The average Bonchev–Trinajstić information content (AvgIpc) is 2.79. The Morgan fingerprint density at radius 1 is 1.22 bits per heavy atom. The molecule has 2 nitrogen and oxygen atoms in total. The number of aromatic nitrogens is 1. The van der Waals surface area contributed by atoms with Gasteiger partial charge < -0.3 is 0 Å². The van der Waals surface area contributed by atoms with Crippen molar-refractivity contribution in [3.05, 3.63) is 51.5 Å². The van der Waals surface area contributed by atoms with Crippen molar-refractivity contribution in [1.82, 2.24) is 9.88 Å². The van der Waals surface area contributed by atoms with Crippen LogP contribution >= 0.6 is 22.9 Å². The van der Waals surface area contributed by atoms with Crippen LogP contribution < -0.4 is 0 Å². The number of alkyl halides is 1. The molecule has 1 aromatic heterocycles. The lowest BCUT2D eigenvalue weighted by Crippen LogP contribution is -2.17. The van der Waals surface area contributed by atoms with Gasteiger partial charge in [0, 0.05) is 11.9 Å². The van der Waals surface area contributed by atoms with Gasteiger partial charge in [-0.05, 0) is 19.5 Å². The van der Waals surface area contributed by atoms with Gasteiger partial charge in [-0.2, -0.15) is 0 Å². The van der Waals surface area contributed by atoms with Crippen molar-refractivity contribution in [1.29, 1.82) is 0 Å². The topological polar surface area (TPSA) is 16.1 Å². The average molecular weight is 281 g/mol. The van der Waals surface area contributed by atoms with E-state index in [1.165, 1.54) is 11.1 Å². The number of benzene rings is 1. The highest BCUT2D eigenvalue weighted by atomic mass is 35.5. The fourth-order valence-corrected chi connectivity index (χ4v) is 2.88. The molecule has 0 spiro atoms. The summed E-state index contributed by atoms with van der Waals surface area (Å²) in [6, 6.07) is 8.66. The number of hydrogen-bond donors (Lipinski definition) is 0. The van der Waals surface area contributed by atoms with E-state index in [1.807, 2.05) is 5.38 Å². The summed E-state index contributed by atoms with van der Waals surface area (Å²) in [6.07, 6.45) is 0. The Hall–Kier alpha value is -0.900. The molecule has 0 aliphatic carbocycles. The van der Waals surface area contributed by atoms with Gasteiger partial charge in [0.2, 0.25) is 0 Å². The minimum atomic E-state index is 0.498. The van der Waals surface area contributed by atoms with E-state index < -0.39 is 0 Å². The molecule has 0 aliphatic heterocycles. The van der Waals surface area contributed by atoms with Crippen LogP contribution in [0, 0.1) is 6.92 Å². The summed E-state index contributed by atoms with van der Waals surface area (Å²) in [7, 11) is 2.11. The van der Waals surface area contributed by atoms with Gasteiger partial charge >= 0.3 is 0 Å². The van der Waals surface area contributed by atoms with Crippen LogP contribution in [0.15, 0.2) is 29.6 Å². The molecule has 1 aromatic carbocycles. The molecule has 2 aromatic rings. The van der Waals surface area contributed by atoms with Gasteiger partial charge in [-0.3, -0.25) is 4.90 Å². The molecule has 0 aliphatic rings. The number of nitrogens with zero attached hydrogens (tertiary/aromatic N) is 2. The smallest absolute Gasteiger partial charge is 0.107 e. The first kappa shape index (κ1) is 13.5. The number of thiazole rings is 1. The molecule has 18 heavy (non-hydrogen) atoms. The molecule has 1 heterocycles.